The first-order valence-electron chi connectivity index (χ1n) is 9.58. The number of primary amides is 1. The van der Waals surface area contributed by atoms with Crippen molar-refractivity contribution >= 4 is 28.7 Å². The zero-order chi connectivity index (χ0) is 22.0. The minimum Gasteiger partial charge on any atom is -0.364 e. The van der Waals surface area contributed by atoms with Crippen molar-refractivity contribution in [2.75, 3.05) is 10.2 Å². The maximum Gasteiger partial charge on any atom is 0.268 e. The second-order valence-corrected chi connectivity index (χ2v) is 6.82. The summed E-state index contributed by atoms with van der Waals surface area (Å²) in [5.41, 5.74) is 9.60. The number of carbonyl (C=O) groups is 1. The van der Waals surface area contributed by atoms with Crippen LogP contribution in [0.5, 0.6) is 0 Å². The lowest BCUT2D eigenvalue weighted by Crippen LogP contribution is -2.15. The highest BCUT2D eigenvalue weighted by Crippen LogP contribution is 2.27. The molecule has 0 unspecified atom stereocenters. The normalized spacial score (nSPS) is 11.2. The van der Waals surface area contributed by atoms with Gasteiger partial charge in [0.25, 0.3) is 5.91 Å². The summed E-state index contributed by atoms with van der Waals surface area (Å²) in [6.45, 7) is 5.77. The number of hydrogen-bond acceptors (Lipinski definition) is 6. The highest BCUT2D eigenvalue weighted by Gasteiger charge is 2.16. The van der Waals surface area contributed by atoms with Crippen LogP contribution in [-0.2, 0) is 7.05 Å². The van der Waals surface area contributed by atoms with Crippen LogP contribution in [0.25, 0.3) is 16.9 Å². The van der Waals surface area contributed by atoms with Gasteiger partial charge in [-0.1, -0.05) is 12.7 Å². The molecule has 3 heterocycles. The second kappa shape index (κ2) is 8.15. The van der Waals surface area contributed by atoms with E-state index in [1.165, 1.54) is 0 Å². The van der Waals surface area contributed by atoms with Crippen LogP contribution in [0.3, 0.4) is 0 Å². The lowest BCUT2D eigenvalue weighted by molar-refractivity contribution is 0.0995. The molecule has 0 aliphatic rings. The van der Waals surface area contributed by atoms with Gasteiger partial charge < -0.3 is 16.0 Å². The third-order valence-corrected chi connectivity index (χ3v) is 4.68. The number of allylic oxidation sites excluding steroid dienone is 1. The van der Waals surface area contributed by atoms with E-state index < -0.39 is 5.91 Å². The Labute approximate surface area is 179 Å². The van der Waals surface area contributed by atoms with E-state index in [9.17, 15) is 4.79 Å². The van der Waals surface area contributed by atoms with Gasteiger partial charge in [0, 0.05) is 48.8 Å². The van der Waals surface area contributed by atoms with E-state index in [0.29, 0.717) is 11.5 Å². The highest BCUT2D eigenvalue weighted by molar-refractivity contribution is 5.92. The first kappa shape index (κ1) is 19.9. The van der Waals surface area contributed by atoms with E-state index in [1.54, 1.807) is 33.9 Å². The number of nitrogens with zero attached hydrogens (tertiary/aromatic N) is 6. The first-order chi connectivity index (χ1) is 15.0. The summed E-state index contributed by atoms with van der Waals surface area (Å²) in [6, 6.07) is 7.72. The van der Waals surface area contributed by atoms with Crippen LogP contribution in [0.15, 0.2) is 74.1 Å². The third kappa shape index (κ3) is 3.88. The maximum absolute atomic E-state index is 11.9. The predicted molar refractivity (Wildman–Crippen MR) is 121 cm³/mol. The molecule has 9 heteroatoms. The summed E-state index contributed by atoms with van der Waals surface area (Å²) in [6.07, 6.45) is 12.5. The Kier molecular flexibility index (Phi) is 5.23. The Bertz CT molecular complexity index is 1280. The van der Waals surface area contributed by atoms with E-state index >= 15 is 0 Å². The van der Waals surface area contributed by atoms with Gasteiger partial charge in [-0.15, -0.1) is 0 Å². The molecule has 0 radical (unpaired) electrons. The molecule has 0 aliphatic carbocycles. The van der Waals surface area contributed by atoms with Crippen molar-refractivity contribution in [1.82, 2.24) is 24.1 Å². The number of anilines is 3. The quantitative estimate of drug-likeness (QED) is 0.480. The van der Waals surface area contributed by atoms with Crippen molar-refractivity contribution in [3.05, 3.63) is 79.8 Å². The molecule has 0 saturated heterocycles. The lowest BCUT2D eigenvalue weighted by atomic mass is 10.2. The molecule has 31 heavy (non-hydrogen) atoms. The smallest absolute Gasteiger partial charge is 0.268 e. The third-order valence-electron chi connectivity index (χ3n) is 4.68. The second-order valence-electron chi connectivity index (χ2n) is 6.82. The predicted octanol–water partition coefficient (Wildman–Crippen LogP) is 3.46. The molecular formula is C22H22N8O. The molecule has 0 aliphatic heterocycles. The number of rotatable bonds is 7. The number of benzene rings is 1. The van der Waals surface area contributed by atoms with Crippen molar-refractivity contribution in [3.8, 4) is 11.3 Å². The van der Waals surface area contributed by atoms with Crippen molar-refractivity contribution < 1.29 is 4.79 Å². The number of imidazole rings is 1. The van der Waals surface area contributed by atoms with E-state index in [1.807, 2.05) is 61.6 Å². The number of carbonyl (C=O) groups excluding carboxylic acids is 1. The molecule has 156 valence electrons. The van der Waals surface area contributed by atoms with Crippen LogP contribution in [0.1, 0.15) is 17.4 Å². The summed E-state index contributed by atoms with van der Waals surface area (Å²) in [4.78, 5) is 22.7. The molecule has 4 aromatic rings. The minimum absolute atomic E-state index is 0.126. The Morgan fingerprint density at radius 1 is 1.23 bits per heavy atom. The molecule has 0 atom stereocenters. The van der Waals surface area contributed by atoms with E-state index in [4.69, 9.17) is 5.73 Å². The standard InChI is InChI=1S/C22H22N8O/c1-4-10-29(5-2)17-8-6-16(7-9-17)26-21-22-24-12-19(15-11-25-28(3)13-15)30(22)14-18(27-21)20(23)31/h4-14H,2H2,1,3H3,(H2,23,31)(H,26,27)/b10-4-. The number of nitrogens with one attached hydrogen (secondary N) is 1. The number of amides is 1. The summed E-state index contributed by atoms with van der Waals surface area (Å²) < 4.78 is 3.48. The molecule has 1 amide bonds. The number of aryl methyl sites for hydroxylation is 1. The number of aromatic nitrogens is 5. The molecular weight excluding hydrogens is 392 g/mol. The van der Waals surface area contributed by atoms with Crippen LogP contribution in [0.2, 0.25) is 0 Å². The van der Waals surface area contributed by atoms with Crippen molar-refractivity contribution in [2.24, 2.45) is 12.8 Å². The van der Waals surface area contributed by atoms with Crippen LogP contribution in [0, 0.1) is 0 Å². The zero-order valence-electron chi connectivity index (χ0n) is 17.2. The maximum atomic E-state index is 11.9. The molecule has 0 bridgehead atoms. The molecule has 4 rings (SSSR count). The largest absolute Gasteiger partial charge is 0.364 e. The van der Waals surface area contributed by atoms with Crippen LogP contribution >= 0.6 is 0 Å². The summed E-state index contributed by atoms with van der Waals surface area (Å²) in [5.74, 6) is -0.202. The highest BCUT2D eigenvalue weighted by atomic mass is 16.1. The minimum atomic E-state index is -0.626. The number of hydrogen-bond donors (Lipinski definition) is 2. The lowest BCUT2D eigenvalue weighted by Gasteiger charge is -2.16. The molecule has 1 aromatic carbocycles. The molecule has 0 saturated carbocycles. The van der Waals surface area contributed by atoms with Crippen molar-refractivity contribution in [3.63, 3.8) is 0 Å². The van der Waals surface area contributed by atoms with Crippen LogP contribution in [-0.4, -0.2) is 30.1 Å². The molecule has 0 fully saturated rings. The van der Waals surface area contributed by atoms with Crippen molar-refractivity contribution in [2.45, 2.75) is 6.92 Å². The topological polar surface area (TPSA) is 106 Å². The Hall–Kier alpha value is -4.40. The van der Waals surface area contributed by atoms with E-state index in [0.717, 1.165) is 22.6 Å². The van der Waals surface area contributed by atoms with Gasteiger partial charge in [0.1, 0.15) is 5.69 Å². The average molecular weight is 414 g/mol. The van der Waals surface area contributed by atoms with Crippen LogP contribution < -0.4 is 16.0 Å². The van der Waals surface area contributed by atoms with Gasteiger partial charge in [0.15, 0.2) is 11.5 Å². The molecule has 3 aromatic heterocycles. The fourth-order valence-corrected chi connectivity index (χ4v) is 3.22. The summed E-state index contributed by atoms with van der Waals surface area (Å²) >= 11 is 0. The van der Waals surface area contributed by atoms with Crippen LogP contribution in [0.4, 0.5) is 17.2 Å². The van der Waals surface area contributed by atoms with Gasteiger partial charge >= 0.3 is 0 Å². The SMILES string of the molecule is C=CN(/C=C\C)c1ccc(Nc2nc(C(N)=O)cn3c(-c4cnn(C)c4)cnc23)cc1. The first-order valence-corrected chi connectivity index (χ1v) is 9.58. The van der Waals surface area contributed by atoms with E-state index in [-0.39, 0.29) is 5.69 Å². The van der Waals surface area contributed by atoms with Gasteiger partial charge in [-0.25, -0.2) is 9.97 Å². The van der Waals surface area contributed by atoms with Gasteiger partial charge in [-0.05, 0) is 31.2 Å². The zero-order valence-corrected chi connectivity index (χ0v) is 17.2. The number of nitrogens with two attached hydrogens (primary N) is 1. The molecule has 3 N–H and O–H groups in total. The van der Waals surface area contributed by atoms with Crippen molar-refractivity contribution in [1.29, 1.82) is 0 Å². The van der Waals surface area contributed by atoms with Gasteiger partial charge in [-0.2, -0.15) is 5.10 Å². The van der Waals surface area contributed by atoms with Gasteiger partial charge in [0.2, 0.25) is 0 Å². The monoisotopic (exact) mass is 414 g/mol. The molecule has 9 nitrogen and oxygen atoms in total. The fraction of sp³-hybridized carbons (Fsp3) is 0.0909. The summed E-state index contributed by atoms with van der Waals surface area (Å²) in [5, 5.41) is 7.45. The number of fused-ring (bicyclic) bond motifs is 1. The Morgan fingerprint density at radius 2 is 2.00 bits per heavy atom. The fourth-order valence-electron chi connectivity index (χ4n) is 3.22. The average Bonchev–Trinajstić information content (AvgIpc) is 3.38. The Balaban J connectivity index is 1.74. The van der Waals surface area contributed by atoms with Gasteiger partial charge in [0.05, 0.1) is 18.1 Å². The molecule has 0 spiro atoms. The Morgan fingerprint density at radius 3 is 2.61 bits per heavy atom. The summed E-state index contributed by atoms with van der Waals surface area (Å²) in [7, 11) is 1.84. The van der Waals surface area contributed by atoms with E-state index in [2.05, 4.69) is 27.0 Å². The van der Waals surface area contributed by atoms with Gasteiger partial charge in [-0.3, -0.25) is 13.9 Å².